The first-order valence-electron chi connectivity index (χ1n) is 6.78. The summed E-state index contributed by atoms with van der Waals surface area (Å²) < 4.78 is 0. The molecule has 110 valence electrons. The number of hydrogen-bond acceptors (Lipinski definition) is 4. The second kappa shape index (κ2) is 6.75. The van der Waals surface area contributed by atoms with E-state index in [4.69, 9.17) is 11.5 Å². The summed E-state index contributed by atoms with van der Waals surface area (Å²) in [5, 5.41) is 11.6. The van der Waals surface area contributed by atoms with Crippen LogP contribution in [-0.4, -0.2) is 41.6 Å². The molecule has 1 saturated heterocycles. The van der Waals surface area contributed by atoms with Crippen LogP contribution < -0.4 is 10.2 Å². The van der Waals surface area contributed by atoms with Crippen molar-refractivity contribution in [2.24, 2.45) is 5.92 Å². The molecule has 0 aliphatic carbocycles. The Labute approximate surface area is 123 Å². The number of carbonyl (C=O) groups excluding carboxylic acids is 1. The number of carboxylic acids is 1. The van der Waals surface area contributed by atoms with E-state index < -0.39 is 5.97 Å². The normalized spacial score (nSPS) is 15.3. The van der Waals surface area contributed by atoms with Gasteiger partial charge >= 0.3 is 5.97 Å². The van der Waals surface area contributed by atoms with Gasteiger partial charge in [0, 0.05) is 19.0 Å². The topological polar surface area (TPSA) is 82.5 Å². The third-order valence-electron chi connectivity index (χ3n) is 3.51. The minimum Gasteiger partial charge on any atom is -0.477 e. The van der Waals surface area contributed by atoms with Gasteiger partial charge in [-0.2, -0.15) is 0 Å². The first-order chi connectivity index (χ1) is 10.1. The summed E-state index contributed by atoms with van der Waals surface area (Å²) in [6, 6.07) is 4.93. The smallest absolute Gasteiger partial charge is 0.354 e. The van der Waals surface area contributed by atoms with Crippen molar-refractivity contribution in [2.45, 2.75) is 12.8 Å². The monoisotopic (exact) mass is 287 g/mol. The number of aromatic carboxylic acids is 1. The van der Waals surface area contributed by atoms with Crippen LogP contribution in [0.15, 0.2) is 18.2 Å². The third-order valence-corrected chi connectivity index (χ3v) is 3.51. The number of amides is 1. The van der Waals surface area contributed by atoms with E-state index in [1.165, 1.54) is 6.07 Å². The van der Waals surface area contributed by atoms with Gasteiger partial charge in [0.25, 0.3) is 0 Å². The Morgan fingerprint density at radius 2 is 2.14 bits per heavy atom. The lowest BCUT2D eigenvalue weighted by atomic mass is 9.96. The fourth-order valence-electron chi connectivity index (χ4n) is 2.37. The molecular weight excluding hydrogens is 270 g/mol. The Morgan fingerprint density at radius 3 is 2.76 bits per heavy atom. The number of hydrogen-bond donors (Lipinski definition) is 2. The molecule has 2 rings (SSSR count). The summed E-state index contributed by atoms with van der Waals surface area (Å²) in [4.78, 5) is 28.9. The van der Waals surface area contributed by atoms with Gasteiger partial charge in [-0.1, -0.05) is 12.0 Å². The van der Waals surface area contributed by atoms with Gasteiger partial charge in [0.05, 0.1) is 6.54 Å². The number of carbonyl (C=O) groups is 2. The Balaban J connectivity index is 1.95. The molecule has 1 aromatic heterocycles. The molecule has 6 nitrogen and oxygen atoms in total. The van der Waals surface area contributed by atoms with Crippen molar-refractivity contribution in [2.75, 3.05) is 24.5 Å². The molecule has 2 N–H and O–H groups in total. The molecule has 0 aromatic carbocycles. The predicted molar refractivity (Wildman–Crippen MR) is 78.0 cm³/mol. The molecule has 6 heteroatoms. The van der Waals surface area contributed by atoms with Crippen molar-refractivity contribution in [3.8, 4) is 12.3 Å². The van der Waals surface area contributed by atoms with Crippen LogP contribution in [0.5, 0.6) is 0 Å². The van der Waals surface area contributed by atoms with Crippen LogP contribution in [0.25, 0.3) is 0 Å². The van der Waals surface area contributed by atoms with Gasteiger partial charge in [0.15, 0.2) is 5.69 Å². The van der Waals surface area contributed by atoms with Crippen molar-refractivity contribution in [1.82, 2.24) is 10.3 Å². The van der Waals surface area contributed by atoms with E-state index in [0.29, 0.717) is 31.7 Å². The largest absolute Gasteiger partial charge is 0.477 e. The minimum absolute atomic E-state index is 0.0140. The lowest BCUT2D eigenvalue weighted by Crippen LogP contribution is -2.41. The van der Waals surface area contributed by atoms with E-state index in [0.717, 1.165) is 0 Å². The van der Waals surface area contributed by atoms with E-state index in [9.17, 15) is 9.59 Å². The van der Waals surface area contributed by atoms with Crippen molar-refractivity contribution in [3.63, 3.8) is 0 Å². The Bertz CT molecular complexity index is 572. The predicted octanol–water partition coefficient (Wildman–Crippen LogP) is 0.746. The lowest BCUT2D eigenvalue weighted by Gasteiger charge is -2.32. The SMILES string of the molecule is C#CCNC(=O)C1CCN(c2cccc(C(=O)O)n2)CC1. The molecule has 1 fully saturated rings. The van der Waals surface area contributed by atoms with Gasteiger partial charge in [-0.25, -0.2) is 9.78 Å². The summed E-state index contributed by atoms with van der Waals surface area (Å²) in [5.41, 5.74) is 0.0291. The molecule has 1 aliphatic rings. The molecule has 1 aromatic rings. The van der Waals surface area contributed by atoms with Crippen LogP contribution >= 0.6 is 0 Å². The molecule has 21 heavy (non-hydrogen) atoms. The average molecular weight is 287 g/mol. The van der Waals surface area contributed by atoms with Crippen LogP contribution in [0.1, 0.15) is 23.3 Å². The first-order valence-corrected chi connectivity index (χ1v) is 6.78. The number of rotatable bonds is 4. The van der Waals surface area contributed by atoms with Crippen molar-refractivity contribution in [1.29, 1.82) is 0 Å². The van der Waals surface area contributed by atoms with E-state index in [2.05, 4.69) is 16.2 Å². The van der Waals surface area contributed by atoms with Crippen LogP contribution in [-0.2, 0) is 4.79 Å². The molecule has 2 heterocycles. The summed E-state index contributed by atoms with van der Waals surface area (Å²) in [7, 11) is 0. The van der Waals surface area contributed by atoms with Crippen LogP contribution in [0.4, 0.5) is 5.82 Å². The number of anilines is 1. The fourth-order valence-corrected chi connectivity index (χ4v) is 2.37. The number of nitrogens with one attached hydrogen (secondary N) is 1. The number of piperidine rings is 1. The molecule has 0 saturated carbocycles. The zero-order valence-electron chi connectivity index (χ0n) is 11.6. The highest BCUT2D eigenvalue weighted by Crippen LogP contribution is 2.22. The highest BCUT2D eigenvalue weighted by molar-refractivity contribution is 5.85. The number of terminal acetylenes is 1. The molecule has 1 aliphatic heterocycles. The third kappa shape index (κ3) is 3.72. The molecule has 0 bridgehead atoms. The quantitative estimate of drug-likeness (QED) is 0.798. The molecule has 0 unspecified atom stereocenters. The van der Waals surface area contributed by atoms with Gasteiger partial charge in [0.1, 0.15) is 5.82 Å². The van der Waals surface area contributed by atoms with E-state index >= 15 is 0 Å². The van der Waals surface area contributed by atoms with Gasteiger partial charge in [-0.3, -0.25) is 4.79 Å². The summed E-state index contributed by atoms with van der Waals surface area (Å²) in [5.74, 6) is 1.92. The highest BCUT2D eigenvalue weighted by Gasteiger charge is 2.25. The molecule has 1 amide bonds. The second-order valence-electron chi connectivity index (χ2n) is 4.87. The lowest BCUT2D eigenvalue weighted by molar-refractivity contribution is -0.125. The zero-order valence-corrected chi connectivity index (χ0v) is 11.6. The van der Waals surface area contributed by atoms with Crippen molar-refractivity contribution in [3.05, 3.63) is 23.9 Å². The summed E-state index contributed by atoms with van der Waals surface area (Å²) in [6.07, 6.45) is 6.52. The maximum absolute atomic E-state index is 11.8. The average Bonchev–Trinajstić information content (AvgIpc) is 2.53. The number of carboxylic acid groups (broad SMARTS) is 1. The van der Waals surface area contributed by atoms with Crippen LogP contribution in [0.2, 0.25) is 0 Å². The van der Waals surface area contributed by atoms with E-state index in [1.54, 1.807) is 12.1 Å². The van der Waals surface area contributed by atoms with E-state index in [-0.39, 0.29) is 24.1 Å². The van der Waals surface area contributed by atoms with Crippen molar-refractivity contribution >= 4 is 17.7 Å². The Kier molecular flexibility index (Phi) is 4.77. The maximum Gasteiger partial charge on any atom is 0.354 e. The van der Waals surface area contributed by atoms with Crippen molar-refractivity contribution < 1.29 is 14.7 Å². The summed E-state index contributed by atoms with van der Waals surface area (Å²) >= 11 is 0. The molecular formula is C15H17N3O3. The Hall–Kier alpha value is -2.55. The summed E-state index contributed by atoms with van der Waals surface area (Å²) in [6.45, 7) is 1.59. The minimum atomic E-state index is -1.04. The van der Waals surface area contributed by atoms with E-state index in [1.807, 2.05) is 4.90 Å². The molecule has 0 atom stereocenters. The first kappa shape index (κ1) is 14.9. The van der Waals surface area contributed by atoms with Gasteiger partial charge in [-0.05, 0) is 25.0 Å². The highest BCUT2D eigenvalue weighted by atomic mass is 16.4. The molecule has 0 radical (unpaired) electrons. The number of nitrogens with zero attached hydrogens (tertiary/aromatic N) is 2. The Morgan fingerprint density at radius 1 is 1.43 bits per heavy atom. The standard InChI is InChI=1S/C15H17N3O3/c1-2-8-16-14(19)11-6-9-18(10-7-11)13-5-3-4-12(17-13)15(20)21/h1,3-5,11H,6-10H2,(H,16,19)(H,20,21). The number of pyridine rings is 1. The van der Waals surface area contributed by atoms with Gasteiger partial charge in [-0.15, -0.1) is 6.42 Å². The number of aromatic nitrogens is 1. The fraction of sp³-hybridized carbons (Fsp3) is 0.400. The maximum atomic E-state index is 11.8. The van der Waals surface area contributed by atoms with Crippen LogP contribution in [0.3, 0.4) is 0 Å². The zero-order chi connectivity index (χ0) is 15.2. The van der Waals surface area contributed by atoms with Gasteiger partial charge in [0.2, 0.25) is 5.91 Å². The van der Waals surface area contributed by atoms with Crippen LogP contribution in [0, 0.1) is 18.3 Å². The second-order valence-corrected chi connectivity index (χ2v) is 4.87. The van der Waals surface area contributed by atoms with Gasteiger partial charge < -0.3 is 15.3 Å². The molecule has 0 spiro atoms.